The maximum Gasteiger partial charge on any atom is 0.317 e. The van der Waals surface area contributed by atoms with Crippen LogP contribution >= 0.6 is 0 Å². The quantitative estimate of drug-likeness (QED) is 0.876. The van der Waals surface area contributed by atoms with Gasteiger partial charge in [0.25, 0.3) is 0 Å². The number of hydrogen-bond donors (Lipinski definition) is 2. The zero-order chi connectivity index (χ0) is 15.4. The lowest BCUT2D eigenvalue weighted by Gasteiger charge is -2.32. The topological polar surface area (TPSA) is 68.7 Å². The predicted octanol–water partition coefficient (Wildman–Crippen LogP) is 1.07. The van der Waals surface area contributed by atoms with E-state index in [1.165, 1.54) is 0 Å². The molecule has 0 radical (unpaired) electrons. The van der Waals surface area contributed by atoms with E-state index in [0.29, 0.717) is 6.54 Å². The van der Waals surface area contributed by atoms with Crippen molar-refractivity contribution in [1.82, 2.24) is 15.2 Å². The van der Waals surface area contributed by atoms with Gasteiger partial charge in [0.15, 0.2) is 0 Å². The Kier molecular flexibility index (Phi) is 4.77. The summed E-state index contributed by atoms with van der Waals surface area (Å²) in [6.45, 7) is 3.35. The van der Waals surface area contributed by atoms with Crippen LogP contribution in [0.5, 0.6) is 0 Å². The number of rotatable bonds is 3. The van der Waals surface area contributed by atoms with Crippen molar-refractivity contribution < 1.29 is 9.90 Å². The van der Waals surface area contributed by atoms with Gasteiger partial charge in [-0.2, -0.15) is 0 Å². The van der Waals surface area contributed by atoms with Gasteiger partial charge in [0.05, 0.1) is 0 Å². The van der Waals surface area contributed by atoms with E-state index in [-0.39, 0.29) is 24.6 Å². The zero-order valence-corrected chi connectivity index (χ0v) is 12.8. The largest absolute Gasteiger partial charge is 0.396 e. The van der Waals surface area contributed by atoms with E-state index >= 15 is 0 Å². The molecular weight excluding hydrogens is 280 g/mol. The summed E-state index contributed by atoms with van der Waals surface area (Å²) >= 11 is 0. The van der Waals surface area contributed by atoms with Gasteiger partial charge in [-0.15, -0.1) is 0 Å². The molecule has 2 aliphatic rings. The number of amides is 2. The van der Waals surface area contributed by atoms with Crippen LogP contribution in [0.25, 0.3) is 0 Å². The molecule has 1 aromatic heterocycles. The van der Waals surface area contributed by atoms with Crippen LogP contribution in [0.1, 0.15) is 19.3 Å². The van der Waals surface area contributed by atoms with Gasteiger partial charge in [-0.1, -0.05) is 6.07 Å². The minimum Gasteiger partial charge on any atom is -0.396 e. The second-order valence-electron chi connectivity index (χ2n) is 6.21. The van der Waals surface area contributed by atoms with Crippen molar-refractivity contribution in [2.75, 3.05) is 37.7 Å². The van der Waals surface area contributed by atoms with E-state index in [2.05, 4.69) is 15.2 Å². The van der Waals surface area contributed by atoms with Gasteiger partial charge in [0, 0.05) is 45.0 Å². The fraction of sp³-hybridized carbons (Fsp3) is 0.625. The minimum atomic E-state index is 0.00557. The average molecular weight is 304 g/mol. The molecule has 120 valence electrons. The molecule has 22 heavy (non-hydrogen) atoms. The first kappa shape index (κ1) is 15.1. The van der Waals surface area contributed by atoms with Crippen LogP contribution < -0.4 is 10.2 Å². The first-order chi connectivity index (χ1) is 10.8. The summed E-state index contributed by atoms with van der Waals surface area (Å²) in [6.07, 6.45) is 4.73. The van der Waals surface area contributed by atoms with Gasteiger partial charge in [-0.05, 0) is 37.3 Å². The Bertz CT molecular complexity index is 496. The molecule has 2 atom stereocenters. The number of nitrogens with one attached hydrogen (secondary N) is 1. The molecule has 6 nitrogen and oxygen atoms in total. The van der Waals surface area contributed by atoms with Crippen LogP contribution in [0.3, 0.4) is 0 Å². The third kappa shape index (κ3) is 3.50. The second kappa shape index (κ2) is 6.96. The number of aromatic nitrogens is 1. The van der Waals surface area contributed by atoms with Crippen LogP contribution in [0.4, 0.5) is 10.6 Å². The number of carbonyl (C=O) groups excluding carboxylic acids is 1. The highest BCUT2D eigenvalue weighted by molar-refractivity contribution is 5.74. The minimum absolute atomic E-state index is 0.00557. The summed E-state index contributed by atoms with van der Waals surface area (Å²) in [7, 11) is 0. The van der Waals surface area contributed by atoms with Crippen molar-refractivity contribution in [2.24, 2.45) is 5.92 Å². The number of aliphatic hydroxyl groups is 1. The highest BCUT2D eigenvalue weighted by Gasteiger charge is 2.28. The molecule has 0 saturated carbocycles. The predicted molar refractivity (Wildman–Crippen MR) is 84.8 cm³/mol. The molecule has 3 heterocycles. The van der Waals surface area contributed by atoms with E-state index < -0.39 is 0 Å². The van der Waals surface area contributed by atoms with Gasteiger partial charge >= 0.3 is 6.03 Å². The van der Waals surface area contributed by atoms with Crippen LogP contribution in [0.2, 0.25) is 0 Å². The summed E-state index contributed by atoms with van der Waals surface area (Å²) in [6, 6.07) is 6.07. The van der Waals surface area contributed by atoms with Crippen molar-refractivity contribution in [3.8, 4) is 0 Å². The van der Waals surface area contributed by atoms with Crippen LogP contribution in [-0.4, -0.2) is 59.8 Å². The molecule has 2 aliphatic heterocycles. The number of nitrogens with zero attached hydrogens (tertiary/aromatic N) is 3. The number of piperidine rings is 1. The third-order valence-electron chi connectivity index (χ3n) is 4.55. The molecule has 1 aromatic rings. The van der Waals surface area contributed by atoms with Crippen molar-refractivity contribution in [2.45, 2.75) is 25.3 Å². The van der Waals surface area contributed by atoms with Gasteiger partial charge in [-0.25, -0.2) is 9.78 Å². The number of pyridine rings is 1. The first-order valence-electron chi connectivity index (χ1n) is 8.08. The highest BCUT2D eigenvalue weighted by atomic mass is 16.3. The molecule has 3 rings (SSSR count). The summed E-state index contributed by atoms with van der Waals surface area (Å²) < 4.78 is 0. The van der Waals surface area contributed by atoms with Crippen LogP contribution in [0.15, 0.2) is 24.4 Å². The first-order valence-corrected chi connectivity index (χ1v) is 8.08. The molecule has 0 aliphatic carbocycles. The Balaban J connectivity index is 1.50. The fourth-order valence-corrected chi connectivity index (χ4v) is 3.29. The SMILES string of the molecule is O=C(NC1CCN(c2ccccn2)C1)N1CCCC(CO)C1. The number of aliphatic hydroxyl groups excluding tert-OH is 1. The number of likely N-dealkylation sites (tertiary alicyclic amines) is 1. The van der Waals surface area contributed by atoms with Gasteiger partial charge in [0.1, 0.15) is 5.82 Å². The smallest absolute Gasteiger partial charge is 0.317 e. The van der Waals surface area contributed by atoms with E-state index in [4.69, 9.17) is 0 Å². The molecule has 2 N–H and O–H groups in total. The number of anilines is 1. The van der Waals surface area contributed by atoms with Gasteiger partial charge in [0.2, 0.25) is 0 Å². The molecule has 2 amide bonds. The monoisotopic (exact) mass is 304 g/mol. The maximum absolute atomic E-state index is 12.4. The van der Waals surface area contributed by atoms with Crippen molar-refractivity contribution in [1.29, 1.82) is 0 Å². The highest BCUT2D eigenvalue weighted by Crippen LogP contribution is 2.19. The molecule has 0 spiro atoms. The van der Waals surface area contributed by atoms with Crippen molar-refractivity contribution >= 4 is 11.8 Å². The molecule has 6 heteroatoms. The molecule has 2 unspecified atom stereocenters. The Morgan fingerprint density at radius 3 is 3.00 bits per heavy atom. The lowest BCUT2D eigenvalue weighted by Crippen LogP contribution is -2.49. The summed E-state index contributed by atoms with van der Waals surface area (Å²) in [5.74, 6) is 1.20. The third-order valence-corrected chi connectivity index (χ3v) is 4.55. The Hall–Kier alpha value is -1.82. The maximum atomic E-state index is 12.4. The Labute approximate surface area is 131 Å². The van der Waals surface area contributed by atoms with E-state index in [1.54, 1.807) is 6.20 Å². The summed E-state index contributed by atoms with van der Waals surface area (Å²) in [5, 5.41) is 12.4. The van der Waals surface area contributed by atoms with Crippen LogP contribution in [-0.2, 0) is 0 Å². The summed E-state index contributed by atoms with van der Waals surface area (Å²) in [4.78, 5) is 20.8. The standard InChI is InChI=1S/C16H24N4O2/c21-12-13-4-3-8-20(10-13)16(22)18-14-6-9-19(11-14)15-5-1-2-7-17-15/h1-2,5,7,13-14,21H,3-4,6,8-12H2,(H,18,22). The normalized spacial score (nSPS) is 25.3. The lowest BCUT2D eigenvalue weighted by molar-refractivity contribution is 0.128. The zero-order valence-electron chi connectivity index (χ0n) is 12.8. The lowest BCUT2D eigenvalue weighted by atomic mass is 9.99. The Morgan fingerprint density at radius 2 is 2.23 bits per heavy atom. The van der Waals surface area contributed by atoms with Crippen molar-refractivity contribution in [3.63, 3.8) is 0 Å². The number of carbonyl (C=O) groups is 1. The van der Waals surface area contributed by atoms with E-state index in [9.17, 15) is 9.90 Å². The average Bonchev–Trinajstić information content (AvgIpc) is 3.04. The molecular formula is C16H24N4O2. The molecule has 0 bridgehead atoms. The molecule has 2 saturated heterocycles. The Morgan fingerprint density at radius 1 is 1.32 bits per heavy atom. The van der Waals surface area contributed by atoms with Gasteiger partial charge in [-0.3, -0.25) is 0 Å². The number of urea groups is 1. The fourth-order valence-electron chi connectivity index (χ4n) is 3.29. The van der Waals surface area contributed by atoms with E-state index in [0.717, 1.165) is 44.7 Å². The van der Waals surface area contributed by atoms with Crippen LogP contribution in [0, 0.1) is 5.92 Å². The second-order valence-corrected chi connectivity index (χ2v) is 6.21. The number of hydrogen-bond acceptors (Lipinski definition) is 4. The van der Waals surface area contributed by atoms with E-state index in [1.807, 2.05) is 23.1 Å². The molecule has 2 fully saturated rings. The summed E-state index contributed by atoms with van der Waals surface area (Å²) in [5.41, 5.74) is 0. The van der Waals surface area contributed by atoms with Gasteiger partial charge < -0.3 is 20.2 Å². The van der Waals surface area contributed by atoms with Crippen molar-refractivity contribution in [3.05, 3.63) is 24.4 Å². The molecule has 0 aromatic carbocycles.